The molecule has 6 nitrogen and oxygen atoms in total. The lowest BCUT2D eigenvalue weighted by Crippen LogP contribution is -2.21. The minimum absolute atomic E-state index is 0.178. The SMILES string of the molecule is NCc1cc(Cn2ncccc2=O)on1. The minimum atomic E-state index is -0.178. The summed E-state index contributed by atoms with van der Waals surface area (Å²) in [5.41, 5.74) is 5.86. The van der Waals surface area contributed by atoms with Crippen molar-refractivity contribution in [2.75, 3.05) is 0 Å². The topological polar surface area (TPSA) is 86.9 Å². The molecule has 0 bridgehead atoms. The maximum absolute atomic E-state index is 11.3. The Morgan fingerprint density at radius 2 is 2.40 bits per heavy atom. The van der Waals surface area contributed by atoms with Crippen LogP contribution in [0.1, 0.15) is 11.5 Å². The molecule has 0 fully saturated rings. The van der Waals surface area contributed by atoms with E-state index in [2.05, 4.69) is 10.3 Å². The molecule has 0 aliphatic rings. The van der Waals surface area contributed by atoms with Crippen LogP contribution in [0, 0.1) is 0 Å². The Kier molecular flexibility index (Phi) is 2.59. The van der Waals surface area contributed by atoms with Gasteiger partial charge in [-0.25, -0.2) is 4.68 Å². The fourth-order valence-electron chi connectivity index (χ4n) is 1.18. The van der Waals surface area contributed by atoms with Gasteiger partial charge in [0.15, 0.2) is 5.76 Å². The van der Waals surface area contributed by atoms with Crippen molar-refractivity contribution in [1.82, 2.24) is 14.9 Å². The molecule has 6 heteroatoms. The van der Waals surface area contributed by atoms with E-state index in [1.54, 1.807) is 18.3 Å². The fraction of sp³-hybridized carbons (Fsp3) is 0.222. The van der Waals surface area contributed by atoms with Gasteiger partial charge in [-0.15, -0.1) is 0 Å². The Hall–Kier alpha value is -1.95. The third-order valence-electron chi connectivity index (χ3n) is 1.91. The number of hydrogen-bond acceptors (Lipinski definition) is 5. The lowest BCUT2D eigenvalue weighted by Gasteiger charge is -1.98. The highest BCUT2D eigenvalue weighted by Gasteiger charge is 2.04. The van der Waals surface area contributed by atoms with Crippen LogP contribution in [0.2, 0.25) is 0 Å². The fourth-order valence-corrected chi connectivity index (χ4v) is 1.18. The Labute approximate surface area is 85.3 Å². The smallest absolute Gasteiger partial charge is 0.267 e. The third kappa shape index (κ3) is 2.10. The van der Waals surface area contributed by atoms with Gasteiger partial charge in [-0.3, -0.25) is 4.79 Å². The number of nitrogens with zero attached hydrogens (tertiary/aromatic N) is 3. The first-order valence-corrected chi connectivity index (χ1v) is 4.46. The van der Waals surface area contributed by atoms with E-state index in [1.807, 2.05) is 0 Å². The number of nitrogens with two attached hydrogens (primary N) is 1. The molecule has 78 valence electrons. The zero-order valence-electron chi connectivity index (χ0n) is 7.96. The largest absolute Gasteiger partial charge is 0.359 e. The summed E-state index contributed by atoms with van der Waals surface area (Å²) in [5.74, 6) is 0.566. The quantitative estimate of drug-likeness (QED) is 0.747. The van der Waals surface area contributed by atoms with Gasteiger partial charge in [0.05, 0.1) is 5.69 Å². The number of aromatic nitrogens is 3. The van der Waals surface area contributed by atoms with E-state index < -0.39 is 0 Å². The molecule has 0 aliphatic carbocycles. The number of hydrogen-bond donors (Lipinski definition) is 1. The average Bonchev–Trinajstić information content (AvgIpc) is 2.69. The summed E-state index contributed by atoms with van der Waals surface area (Å²) in [6.45, 7) is 0.591. The van der Waals surface area contributed by atoms with Gasteiger partial charge in [-0.2, -0.15) is 5.10 Å². The van der Waals surface area contributed by atoms with E-state index in [-0.39, 0.29) is 12.1 Å². The van der Waals surface area contributed by atoms with Gasteiger partial charge >= 0.3 is 0 Å². The second-order valence-corrected chi connectivity index (χ2v) is 3.01. The number of rotatable bonds is 3. The summed E-state index contributed by atoms with van der Waals surface area (Å²) in [6, 6.07) is 4.73. The van der Waals surface area contributed by atoms with Crippen molar-refractivity contribution in [3.8, 4) is 0 Å². The van der Waals surface area contributed by atoms with Crippen LogP contribution in [0.3, 0.4) is 0 Å². The summed E-state index contributed by atoms with van der Waals surface area (Å²) in [6.07, 6.45) is 1.54. The average molecular weight is 206 g/mol. The van der Waals surface area contributed by atoms with E-state index >= 15 is 0 Å². The molecule has 0 amide bonds. The van der Waals surface area contributed by atoms with E-state index in [0.29, 0.717) is 18.0 Å². The molecule has 2 rings (SSSR count). The van der Waals surface area contributed by atoms with Gasteiger partial charge < -0.3 is 10.3 Å². The van der Waals surface area contributed by atoms with E-state index in [4.69, 9.17) is 10.3 Å². The first kappa shape index (κ1) is 9.60. The molecule has 2 heterocycles. The van der Waals surface area contributed by atoms with Crippen molar-refractivity contribution in [3.63, 3.8) is 0 Å². The summed E-state index contributed by atoms with van der Waals surface area (Å²) < 4.78 is 6.28. The van der Waals surface area contributed by atoms with Crippen LogP contribution in [-0.2, 0) is 13.1 Å². The zero-order valence-corrected chi connectivity index (χ0v) is 7.96. The Morgan fingerprint density at radius 3 is 3.07 bits per heavy atom. The molecule has 0 spiro atoms. The van der Waals surface area contributed by atoms with Gasteiger partial charge in [0.2, 0.25) is 0 Å². The summed E-state index contributed by atoms with van der Waals surface area (Å²) >= 11 is 0. The van der Waals surface area contributed by atoms with Crippen molar-refractivity contribution in [3.05, 3.63) is 46.2 Å². The second kappa shape index (κ2) is 4.05. The van der Waals surface area contributed by atoms with Crippen molar-refractivity contribution < 1.29 is 4.52 Å². The van der Waals surface area contributed by atoms with Crippen LogP contribution in [0.15, 0.2) is 33.7 Å². The predicted molar refractivity (Wildman–Crippen MR) is 52.0 cm³/mol. The molecule has 0 radical (unpaired) electrons. The van der Waals surface area contributed by atoms with Gasteiger partial charge in [0.1, 0.15) is 6.54 Å². The van der Waals surface area contributed by atoms with E-state index in [9.17, 15) is 4.79 Å². The van der Waals surface area contributed by atoms with Crippen LogP contribution < -0.4 is 11.3 Å². The molecular formula is C9H10N4O2. The maximum Gasteiger partial charge on any atom is 0.267 e. The molecule has 0 unspecified atom stereocenters. The molecule has 2 N–H and O–H groups in total. The Balaban J connectivity index is 2.22. The predicted octanol–water partition coefficient (Wildman–Crippen LogP) is -0.262. The minimum Gasteiger partial charge on any atom is -0.359 e. The Morgan fingerprint density at radius 1 is 1.53 bits per heavy atom. The van der Waals surface area contributed by atoms with Gasteiger partial charge in [0, 0.05) is 24.9 Å². The van der Waals surface area contributed by atoms with Crippen molar-refractivity contribution in [2.24, 2.45) is 5.73 Å². The van der Waals surface area contributed by atoms with Crippen LogP contribution >= 0.6 is 0 Å². The molecular weight excluding hydrogens is 196 g/mol. The van der Waals surface area contributed by atoms with Gasteiger partial charge in [-0.05, 0) is 6.07 Å². The third-order valence-corrected chi connectivity index (χ3v) is 1.91. The van der Waals surface area contributed by atoms with E-state index in [1.165, 1.54) is 10.7 Å². The summed E-state index contributed by atoms with van der Waals surface area (Å²) in [5, 5.41) is 7.61. The van der Waals surface area contributed by atoms with Gasteiger partial charge in [0.25, 0.3) is 5.56 Å². The molecule has 0 saturated carbocycles. The van der Waals surface area contributed by atoms with Crippen LogP contribution in [-0.4, -0.2) is 14.9 Å². The van der Waals surface area contributed by atoms with Crippen molar-refractivity contribution in [2.45, 2.75) is 13.1 Å². The highest BCUT2D eigenvalue weighted by atomic mass is 16.5. The molecule has 2 aromatic heterocycles. The monoisotopic (exact) mass is 206 g/mol. The van der Waals surface area contributed by atoms with Crippen molar-refractivity contribution >= 4 is 0 Å². The molecule has 0 atom stereocenters. The Bertz CT molecular complexity index is 503. The normalized spacial score (nSPS) is 10.5. The van der Waals surface area contributed by atoms with Crippen LogP contribution in [0.4, 0.5) is 0 Å². The lowest BCUT2D eigenvalue weighted by atomic mass is 10.3. The van der Waals surface area contributed by atoms with Crippen LogP contribution in [0.25, 0.3) is 0 Å². The van der Waals surface area contributed by atoms with Crippen molar-refractivity contribution in [1.29, 1.82) is 0 Å². The first-order valence-electron chi connectivity index (χ1n) is 4.46. The maximum atomic E-state index is 11.3. The van der Waals surface area contributed by atoms with Crippen LogP contribution in [0.5, 0.6) is 0 Å². The second-order valence-electron chi connectivity index (χ2n) is 3.01. The standard InChI is InChI=1S/C9H10N4O2/c10-5-7-4-8(15-12-7)6-13-9(14)2-1-3-11-13/h1-4H,5-6,10H2. The lowest BCUT2D eigenvalue weighted by molar-refractivity contribution is 0.363. The summed E-state index contributed by atoms with van der Waals surface area (Å²) in [4.78, 5) is 11.3. The molecule has 0 saturated heterocycles. The molecule has 15 heavy (non-hydrogen) atoms. The molecule has 0 aliphatic heterocycles. The zero-order chi connectivity index (χ0) is 10.7. The first-order chi connectivity index (χ1) is 7.29. The molecule has 2 aromatic rings. The highest BCUT2D eigenvalue weighted by molar-refractivity contribution is 5.05. The highest BCUT2D eigenvalue weighted by Crippen LogP contribution is 2.03. The summed E-state index contributed by atoms with van der Waals surface area (Å²) in [7, 11) is 0. The van der Waals surface area contributed by atoms with Gasteiger partial charge in [-0.1, -0.05) is 5.16 Å². The molecule has 0 aromatic carbocycles. The van der Waals surface area contributed by atoms with E-state index in [0.717, 1.165) is 0 Å².